The Morgan fingerprint density at radius 2 is 1.91 bits per heavy atom. The Hall–Kier alpha value is -2.38. The van der Waals surface area contributed by atoms with E-state index in [0.29, 0.717) is 11.1 Å². The van der Waals surface area contributed by atoms with Crippen molar-refractivity contribution >= 4 is 5.69 Å². The summed E-state index contributed by atoms with van der Waals surface area (Å²) in [5.41, 5.74) is 2.86. The van der Waals surface area contributed by atoms with Gasteiger partial charge in [0, 0.05) is 25.8 Å². The smallest absolute Gasteiger partial charge is 0.131 e. The molecule has 2 aromatic rings. The predicted molar refractivity (Wildman–Crippen MR) is 88.8 cm³/mol. The summed E-state index contributed by atoms with van der Waals surface area (Å²) >= 11 is 0. The Kier molecular flexibility index (Phi) is 4.59. The van der Waals surface area contributed by atoms with Crippen molar-refractivity contribution in [3.63, 3.8) is 0 Å². The van der Waals surface area contributed by atoms with Gasteiger partial charge in [0.25, 0.3) is 0 Å². The molecule has 0 unspecified atom stereocenters. The van der Waals surface area contributed by atoms with E-state index in [1.54, 1.807) is 25.3 Å². The van der Waals surface area contributed by atoms with Gasteiger partial charge in [-0.15, -0.1) is 0 Å². The number of methoxy groups -OCH3 is 1. The second-order valence-corrected chi connectivity index (χ2v) is 5.75. The van der Waals surface area contributed by atoms with Gasteiger partial charge >= 0.3 is 0 Å². The highest BCUT2D eigenvalue weighted by Gasteiger charge is 2.21. The van der Waals surface area contributed by atoms with Crippen molar-refractivity contribution in [1.82, 2.24) is 0 Å². The number of benzene rings is 2. The maximum atomic E-state index is 14.0. The molecule has 1 heterocycles. The molecule has 2 aromatic carbocycles. The summed E-state index contributed by atoms with van der Waals surface area (Å²) in [6.07, 6.45) is 2.16. The largest absolute Gasteiger partial charge is 0.381 e. The maximum absolute atomic E-state index is 14.0. The summed E-state index contributed by atoms with van der Waals surface area (Å²) < 4.78 is 19.4. The fraction of sp³-hybridized carbons (Fsp3) is 0.316. The Morgan fingerprint density at radius 3 is 2.57 bits per heavy atom. The van der Waals surface area contributed by atoms with E-state index in [1.807, 2.05) is 18.2 Å². The lowest BCUT2D eigenvalue weighted by molar-refractivity contribution is 0.0819. The molecule has 1 aliphatic heterocycles. The minimum absolute atomic E-state index is 0.249. The molecule has 0 N–H and O–H groups in total. The number of halogens is 1. The highest BCUT2D eigenvalue weighted by atomic mass is 19.1. The van der Waals surface area contributed by atoms with E-state index in [9.17, 15) is 9.65 Å². The van der Waals surface area contributed by atoms with Gasteiger partial charge in [0.2, 0.25) is 0 Å². The van der Waals surface area contributed by atoms with Gasteiger partial charge in [-0.2, -0.15) is 5.26 Å². The highest BCUT2D eigenvalue weighted by Crippen LogP contribution is 2.31. The number of nitriles is 1. The van der Waals surface area contributed by atoms with Crippen LogP contribution in [0, 0.1) is 17.1 Å². The molecule has 3 rings (SSSR count). The summed E-state index contributed by atoms with van der Waals surface area (Å²) in [4.78, 5) is 2.19. The number of rotatable bonds is 3. The van der Waals surface area contributed by atoms with Crippen LogP contribution in [0.15, 0.2) is 42.5 Å². The third-order valence-corrected chi connectivity index (χ3v) is 4.42. The van der Waals surface area contributed by atoms with Crippen molar-refractivity contribution in [2.24, 2.45) is 0 Å². The van der Waals surface area contributed by atoms with Crippen LogP contribution in [-0.2, 0) is 4.74 Å². The number of hydrogen-bond acceptors (Lipinski definition) is 3. The minimum atomic E-state index is -0.249. The number of piperidine rings is 1. The fourth-order valence-corrected chi connectivity index (χ4v) is 3.08. The normalized spacial score (nSPS) is 15.4. The van der Waals surface area contributed by atoms with E-state index in [2.05, 4.69) is 11.0 Å². The zero-order chi connectivity index (χ0) is 16.2. The first-order valence-corrected chi connectivity index (χ1v) is 7.79. The Bertz CT molecular complexity index is 730. The van der Waals surface area contributed by atoms with E-state index >= 15 is 0 Å². The van der Waals surface area contributed by atoms with Gasteiger partial charge < -0.3 is 9.64 Å². The molecule has 3 nitrogen and oxygen atoms in total. The van der Waals surface area contributed by atoms with Crippen LogP contribution in [0.5, 0.6) is 0 Å². The molecule has 0 spiro atoms. The zero-order valence-electron chi connectivity index (χ0n) is 13.1. The van der Waals surface area contributed by atoms with E-state index in [1.165, 1.54) is 6.07 Å². The lowest BCUT2D eigenvalue weighted by Crippen LogP contribution is -2.37. The van der Waals surface area contributed by atoms with Gasteiger partial charge in [0.05, 0.1) is 17.4 Å². The fourth-order valence-electron chi connectivity index (χ4n) is 3.08. The molecule has 1 saturated heterocycles. The maximum Gasteiger partial charge on any atom is 0.131 e. The van der Waals surface area contributed by atoms with Gasteiger partial charge in [-0.25, -0.2) is 4.39 Å². The summed E-state index contributed by atoms with van der Waals surface area (Å²) in [6, 6.07) is 14.5. The van der Waals surface area contributed by atoms with Gasteiger partial charge in [-0.3, -0.25) is 0 Å². The van der Waals surface area contributed by atoms with Crippen LogP contribution in [0.4, 0.5) is 10.1 Å². The lowest BCUT2D eigenvalue weighted by atomic mass is 10.00. The van der Waals surface area contributed by atoms with E-state index < -0.39 is 0 Å². The first-order valence-electron chi connectivity index (χ1n) is 7.79. The lowest BCUT2D eigenvalue weighted by Gasteiger charge is -2.33. The first kappa shape index (κ1) is 15.5. The van der Waals surface area contributed by atoms with Gasteiger partial charge in [-0.1, -0.05) is 24.3 Å². The molecule has 23 heavy (non-hydrogen) atoms. The van der Waals surface area contributed by atoms with E-state index in [4.69, 9.17) is 4.74 Å². The highest BCUT2D eigenvalue weighted by molar-refractivity contribution is 5.73. The monoisotopic (exact) mass is 310 g/mol. The molecule has 0 radical (unpaired) electrons. The van der Waals surface area contributed by atoms with Crippen molar-refractivity contribution < 1.29 is 9.13 Å². The number of hydrogen-bond donors (Lipinski definition) is 0. The van der Waals surface area contributed by atoms with Crippen LogP contribution in [0.2, 0.25) is 0 Å². The van der Waals surface area contributed by atoms with Gasteiger partial charge in [0.15, 0.2) is 0 Å². The Morgan fingerprint density at radius 1 is 1.17 bits per heavy atom. The van der Waals surface area contributed by atoms with E-state index in [-0.39, 0.29) is 11.9 Å². The van der Waals surface area contributed by atoms with Crippen LogP contribution in [-0.4, -0.2) is 26.3 Å². The SMILES string of the molecule is COC1CCN(c2cc(-c3ccccc3F)ccc2C#N)CC1. The molecule has 0 aliphatic carbocycles. The van der Waals surface area contributed by atoms with Crippen LogP contribution in [0.1, 0.15) is 18.4 Å². The minimum Gasteiger partial charge on any atom is -0.381 e. The second-order valence-electron chi connectivity index (χ2n) is 5.75. The van der Waals surface area contributed by atoms with Gasteiger partial charge in [0.1, 0.15) is 11.9 Å². The third-order valence-electron chi connectivity index (χ3n) is 4.42. The quantitative estimate of drug-likeness (QED) is 0.860. The van der Waals surface area contributed by atoms with Crippen LogP contribution >= 0.6 is 0 Å². The molecule has 0 atom stereocenters. The second kappa shape index (κ2) is 6.80. The molecule has 1 fully saturated rings. The zero-order valence-corrected chi connectivity index (χ0v) is 13.1. The van der Waals surface area contributed by atoms with Gasteiger partial charge in [-0.05, 0) is 36.6 Å². The average molecular weight is 310 g/mol. The standard InChI is InChI=1S/C19H19FN2O/c1-23-16-8-10-22(11-9-16)19-12-14(6-7-15(19)13-21)17-4-2-3-5-18(17)20/h2-7,12,16H,8-11H2,1H3. The van der Waals surface area contributed by atoms with Crippen molar-refractivity contribution in [3.8, 4) is 17.2 Å². The molecule has 118 valence electrons. The Balaban J connectivity index is 1.95. The van der Waals surface area contributed by atoms with Crippen molar-refractivity contribution in [1.29, 1.82) is 5.26 Å². The molecule has 0 aromatic heterocycles. The topological polar surface area (TPSA) is 36.3 Å². The van der Waals surface area contributed by atoms with E-state index in [0.717, 1.165) is 37.2 Å². The summed E-state index contributed by atoms with van der Waals surface area (Å²) in [6.45, 7) is 1.68. The average Bonchev–Trinajstić information content (AvgIpc) is 2.62. The summed E-state index contributed by atoms with van der Waals surface area (Å²) in [5, 5.41) is 9.39. The molecule has 0 saturated carbocycles. The first-order chi connectivity index (χ1) is 11.2. The van der Waals surface area contributed by atoms with Crippen LogP contribution in [0.3, 0.4) is 0 Å². The predicted octanol–water partition coefficient (Wildman–Crippen LogP) is 3.98. The third kappa shape index (κ3) is 3.20. The van der Waals surface area contributed by atoms with Crippen molar-refractivity contribution in [3.05, 3.63) is 53.8 Å². The molecular weight excluding hydrogens is 291 g/mol. The molecule has 1 aliphatic rings. The molecular formula is C19H19FN2O. The molecule has 0 bridgehead atoms. The number of ether oxygens (including phenoxy) is 1. The summed E-state index contributed by atoms with van der Waals surface area (Å²) in [7, 11) is 1.74. The van der Waals surface area contributed by atoms with Crippen LogP contribution < -0.4 is 4.90 Å². The van der Waals surface area contributed by atoms with Crippen molar-refractivity contribution in [2.45, 2.75) is 18.9 Å². The van der Waals surface area contributed by atoms with Crippen molar-refractivity contribution in [2.75, 3.05) is 25.1 Å². The Labute approximate surface area is 135 Å². The van der Waals surface area contributed by atoms with Crippen LogP contribution in [0.25, 0.3) is 11.1 Å². The number of nitrogens with zero attached hydrogens (tertiary/aromatic N) is 2. The molecule has 4 heteroatoms. The number of anilines is 1. The molecule has 0 amide bonds. The summed E-state index contributed by atoms with van der Waals surface area (Å²) in [5.74, 6) is -0.249.